The molecular weight excluding hydrogens is 212 g/mol. The lowest BCUT2D eigenvalue weighted by Crippen LogP contribution is -2.16. The van der Waals surface area contributed by atoms with E-state index in [4.69, 9.17) is 0 Å². The van der Waals surface area contributed by atoms with Crippen molar-refractivity contribution in [3.8, 4) is 0 Å². The van der Waals surface area contributed by atoms with Crippen LogP contribution in [-0.4, -0.2) is 16.6 Å². The molecule has 0 aromatic carbocycles. The summed E-state index contributed by atoms with van der Waals surface area (Å²) in [7, 11) is 0. The fraction of sp³-hybridized carbons (Fsp3) is 0.538. The van der Waals surface area contributed by atoms with Gasteiger partial charge >= 0.3 is 0 Å². The van der Waals surface area contributed by atoms with Gasteiger partial charge in [-0.25, -0.2) is 9.97 Å². The smallest absolute Gasteiger partial charge is 0.161 e. The molecule has 17 heavy (non-hydrogen) atoms. The van der Waals surface area contributed by atoms with E-state index in [2.05, 4.69) is 46.3 Å². The number of hydrogen-bond donors (Lipinski definition) is 1. The molecule has 0 atom stereocenters. The van der Waals surface area contributed by atoms with Crippen molar-refractivity contribution >= 4 is 11.5 Å². The average Bonchev–Trinajstić information content (AvgIpc) is 2.73. The van der Waals surface area contributed by atoms with Gasteiger partial charge in [0.05, 0.1) is 18.6 Å². The highest BCUT2D eigenvalue weighted by atomic mass is 15.3. The topological polar surface area (TPSA) is 41.0 Å². The number of allylic oxidation sites excluding steroid dienone is 1. The third kappa shape index (κ3) is 2.57. The molecule has 0 bridgehead atoms. The van der Waals surface area contributed by atoms with Gasteiger partial charge in [-0.3, -0.25) is 0 Å². The first kappa shape index (κ1) is 11.9. The maximum Gasteiger partial charge on any atom is 0.161 e. The van der Waals surface area contributed by atoms with Crippen molar-refractivity contribution in [1.82, 2.24) is 9.97 Å². The van der Waals surface area contributed by atoms with Crippen LogP contribution in [0.4, 0.5) is 11.5 Å². The van der Waals surface area contributed by atoms with Crippen molar-refractivity contribution in [3.63, 3.8) is 0 Å². The Morgan fingerprint density at radius 3 is 2.94 bits per heavy atom. The van der Waals surface area contributed by atoms with Crippen LogP contribution in [0, 0.1) is 12.8 Å². The van der Waals surface area contributed by atoms with Gasteiger partial charge in [-0.05, 0) is 25.7 Å². The molecule has 1 aromatic heterocycles. The van der Waals surface area contributed by atoms with Crippen LogP contribution in [0.2, 0.25) is 0 Å². The summed E-state index contributed by atoms with van der Waals surface area (Å²) in [6.07, 6.45) is 8.63. The Kier molecular flexibility index (Phi) is 3.61. The Morgan fingerprint density at radius 2 is 2.24 bits per heavy atom. The molecule has 0 fully saturated rings. The van der Waals surface area contributed by atoms with Crippen LogP contribution in [0.25, 0.3) is 0 Å². The van der Waals surface area contributed by atoms with Crippen molar-refractivity contribution in [2.75, 3.05) is 16.9 Å². The van der Waals surface area contributed by atoms with E-state index in [1.165, 1.54) is 12.8 Å². The summed E-state index contributed by atoms with van der Waals surface area (Å²) in [5, 5.41) is 3.29. The van der Waals surface area contributed by atoms with Gasteiger partial charge in [0.2, 0.25) is 0 Å². The van der Waals surface area contributed by atoms with E-state index in [1.54, 1.807) is 0 Å². The van der Waals surface area contributed by atoms with Gasteiger partial charge in [-0.15, -0.1) is 0 Å². The van der Waals surface area contributed by atoms with Gasteiger partial charge in [-0.2, -0.15) is 0 Å². The van der Waals surface area contributed by atoms with E-state index in [0.29, 0.717) is 5.92 Å². The van der Waals surface area contributed by atoms with Crippen LogP contribution in [-0.2, 0) is 0 Å². The summed E-state index contributed by atoms with van der Waals surface area (Å²) < 4.78 is 0. The summed E-state index contributed by atoms with van der Waals surface area (Å²) in [6.45, 7) is 7.15. The first-order chi connectivity index (χ1) is 8.24. The Bertz CT molecular complexity index is 410. The summed E-state index contributed by atoms with van der Waals surface area (Å²) in [5.41, 5.74) is 1.02. The third-order valence-corrected chi connectivity index (χ3v) is 3.19. The van der Waals surface area contributed by atoms with Gasteiger partial charge in [0.25, 0.3) is 0 Å². The molecule has 4 nitrogen and oxygen atoms in total. The van der Waals surface area contributed by atoms with E-state index in [-0.39, 0.29) is 0 Å². The first-order valence-corrected chi connectivity index (χ1v) is 6.27. The van der Waals surface area contributed by atoms with Crippen molar-refractivity contribution in [1.29, 1.82) is 0 Å². The molecule has 4 heteroatoms. The molecule has 0 aliphatic carbocycles. The van der Waals surface area contributed by atoms with Gasteiger partial charge in [-0.1, -0.05) is 19.9 Å². The lowest BCUT2D eigenvalue weighted by atomic mass is 10.0. The number of nitrogens with zero attached hydrogens (tertiary/aromatic N) is 3. The van der Waals surface area contributed by atoms with Crippen molar-refractivity contribution < 1.29 is 0 Å². The Labute approximate surface area is 103 Å². The Balaban J connectivity index is 2.14. The van der Waals surface area contributed by atoms with Crippen LogP contribution in [0.1, 0.15) is 32.5 Å². The van der Waals surface area contributed by atoms with Gasteiger partial charge in [0, 0.05) is 6.20 Å². The number of aromatic nitrogens is 2. The molecule has 2 rings (SSSR count). The summed E-state index contributed by atoms with van der Waals surface area (Å²) in [6, 6.07) is 0. The Morgan fingerprint density at radius 1 is 1.47 bits per heavy atom. The molecule has 0 radical (unpaired) electrons. The highest BCUT2D eigenvalue weighted by molar-refractivity contribution is 5.71. The van der Waals surface area contributed by atoms with E-state index in [9.17, 15) is 0 Å². The molecule has 0 unspecified atom stereocenters. The van der Waals surface area contributed by atoms with Crippen LogP contribution >= 0.6 is 0 Å². The molecule has 0 amide bonds. The lowest BCUT2D eigenvalue weighted by molar-refractivity contribution is 0.604. The van der Waals surface area contributed by atoms with Crippen molar-refractivity contribution in [2.45, 2.75) is 33.6 Å². The molecule has 1 N–H and O–H groups in total. The zero-order valence-electron chi connectivity index (χ0n) is 10.8. The minimum Gasteiger partial charge on any atom is -0.363 e. The van der Waals surface area contributed by atoms with E-state index < -0.39 is 0 Å². The molecular formula is C13H20N4. The van der Waals surface area contributed by atoms with Gasteiger partial charge < -0.3 is 10.2 Å². The number of aryl methyl sites for hydroxylation is 1. The molecule has 0 saturated heterocycles. The molecule has 92 valence electrons. The van der Waals surface area contributed by atoms with Crippen LogP contribution in [0.15, 0.2) is 18.5 Å². The average molecular weight is 232 g/mol. The summed E-state index contributed by atoms with van der Waals surface area (Å²) >= 11 is 0. The van der Waals surface area contributed by atoms with E-state index in [0.717, 1.165) is 24.0 Å². The van der Waals surface area contributed by atoms with Crippen molar-refractivity contribution in [2.24, 2.45) is 5.92 Å². The zero-order valence-corrected chi connectivity index (χ0v) is 10.8. The summed E-state index contributed by atoms with van der Waals surface area (Å²) in [5.74, 6) is 2.45. The number of rotatable bonds is 4. The Hall–Kier alpha value is -1.58. The standard InChI is InChI=1S/C13H20N4/c1-4-11(5-2)6-7-17-9-15-12-8-14-10(3)16-13(12)17/h6-8,11,15H,4-5,9H2,1-3H3/b7-6+. The second-order valence-corrected chi connectivity index (χ2v) is 4.38. The van der Waals surface area contributed by atoms with Crippen LogP contribution in [0.5, 0.6) is 0 Å². The second kappa shape index (κ2) is 5.17. The fourth-order valence-electron chi connectivity index (χ4n) is 1.96. The zero-order chi connectivity index (χ0) is 12.3. The molecule has 1 aromatic rings. The largest absolute Gasteiger partial charge is 0.363 e. The van der Waals surface area contributed by atoms with Crippen molar-refractivity contribution in [3.05, 3.63) is 24.3 Å². The van der Waals surface area contributed by atoms with Crippen LogP contribution in [0.3, 0.4) is 0 Å². The van der Waals surface area contributed by atoms with Crippen LogP contribution < -0.4 is 10.2 Å². The van der Waals surface area contributed by atoms with Gasteiger partial charge in [0.1, 0.15) is 5.82 Å². The lowest BCUT2D eigenvalue weighted by Gasteiger charge is -2.13. The molecule has 0 spiro atoms. The molecule has 2 heterocycles. The normalized spacial score (nSPS) is 14.5. The number of anilines is 2. The molecule has 0 saturated carbocycles. The number of hydrogen-bond acceptors (Lipinski definition) is 4. The highest BCUT2D eigenvalue weighted by Gasteiger charge is 2.18. The maximum absolute atomic E-state index is 4.47. The minimum absolute atomic E-state index is 0.655. The quantitative estimate of drug-likeness (QED) is 0.866. The predicted octanol–water partition coefficient (Wildman–Crippen LogP) is 2.92. The molecule has 1 aliphatic heterocycles. The number of nitrogens with one attached hydrogen (secondary N) is 1. The highest BCUT2D eigenvalue weighted by Crippen LogP contribution is 2.28. The first-order valence-electron chi connectivity index (χ1n) is 6.27. The maximum atomic E-state index is 4.47. The monoisotopic (exact) mass is 232 g/mol. The SMILES string of the molecule is CCC(/C=C/N1CNc2cnc(C)nc21)CC. The second-order valence-electron chi connectivity index (χ2n) is 4.38. The van der Waals surface area contributed by atoms with E-state index >= 15 is 0 Å². The number of fused-ring (bicyclic) bond motifs is 1. The third-order valence-electron chi connectivity index (χ3n) is 3.19. The fourth-order valence-corrected chi connectivity index (χ4v) is 1.96. The molecule has 1 aliphatic rings. The van der Waals surface area contributed by atoms with E-state index in [1.807, 2.05) is 13.1 Å². The minimum atomic E-state index is 0.655. The van der Waals surface area contributed by atoms with Gasteiger partial charge in [0.15, 0.2) is 5.82 Å². The summed E-state index contributed by atoms with van der Waals surface area (Å²) in [4.78, 5) is 10.8. The predicted molar refractivity (Wildman–Crippen MR) is 70.9 cm³/mol.